The van der Waals surface area contributed by atoms with Gasteiger partial charge in [0, 0.05) is 30.7 Å². The summed E-state index contributed by atoms with van der Waals surface area (Å²) < 4.78 is 61.8. The van der Waals surface area contributed by atoms with Crippen LogP contribution in [0.4, 0.5) is 5.82 Å². The summed E-state index contributed by atoms with van der Waals surface area (Å²) in [6, 6.07) is 0. The lowest BCUT2D eigenvalue weighted by atomic mass is 9.87. The SMILES string of the molecule is CC(C)(COP(=O)(O)OP(=O)(O)OCC1OC(n2cnc3c(N)ncnc32)C(O)C1OP(=O)(O)O)C(O)C(=O)NCCC(=O)NCCSC(=O)C(=O)CO. The van der Waals surface area contributed by atoms with Crippen LogP contribution >= 0.6 is 35.2 Å². The molecule has 0 aromatic carbocycles. The predicted molar refractivity (Wildman–Crippen MR) is 179 cm³/mol. The number of phosphoric ester groups is 3. The molecule has 7 unspecified atom stereocenters. The molecule has 26 nitrogen and oxygen atoms in total. The summed E-state index contributed by atoms with van der Waals surface area (Å²) in [6.45, 7) is -0.865. The maximum Gasteiger partial charge on any atom is 0.481 e. The number of rotatable bonds is 21. The first-order valence-electron chi connectivity index (χ1n) is 15.2. The lowest BCUT2D eigenvalue weighted by molar-refractivity contribution is -0.137. The highest BCUT2D eigenvalue weighted by molar-refractivity contribution is 8.15. The Morgan fingerprint density at radius 1 is 1.06 bits per heavy atom. The van der Waals surface area contributed by atoms with Crippen molar-refractivity contribution < 1.29 is 90.4 Å². The van der Waals surface area contributed by atoms with E-state index in [4.69, 9.17) is 24.6 Å². The predicted octanol–water partition coefficient (Wildman–Crippen LogP) is -2.77. The summed E-state index contributed by atoms with van der Waals surface area (Å²) in [5.41, 5.74) is 4.18. The van der Waals surface area contributed by atoms with Crippen LogP contribution in [0.3, 0.4) is 0 Å². The van der Waals surface area contributed by atoms with Crippen LogP contribution in [0, 0.1) is 5.41 Å². The minimum Gasteiger partial charge on any atom is -0.388 e. The van der Waals surface area contributed by atoms with Gasteiger partial charge in [-0.05, 0) is 0 Å². The molecule has 7 atom stereocenters. The number of aromatic nitrogens is 4. The van der Waals surface area contributed by atoms with Crippen molar-refractivity contribution >= 4 is 74.9 Å². The minimum atomic E-state index is -5.59. The van der Waals surface area contributed by atoms with Gasteiger partial charge in [-0.3, -0.25) is 37.3 Å². The fourth-order valence-corrected chi connectivity index (χ4v) is 7.86. The third-order valence-electron chi connectivity index (χ3n) is 7.11. The first-order valence-corrected chi connectivity index (χ1v) is 20.7. The van der Waals surface area contributed by atoms with Crippen molar-refractivity contribution in [2.24, 2.45) is 5.41 Å². The van der Waals surface area contributed by atoms with E-state index >= 15 is 0 Å². The first kappa shape index (κ1) is 45.6. The van der Waals surface area contributed by atoms with Gasteiger partial charge in [-0.25, -0.2) is 28.6 Å². The molecule has 1 aliphatic heterocycles. The van der Waals surface area contributed by atoms with Crippen LogP contribution < -0.4 is 16.4 Å². The number of Topliss-reactive ketones (excluding diaryl/α,β-unsaturated/α-hetero) is 1. The summed E-state index contributed by atoms with van der Waals surface area (Å²) >= 11 is 0.593. The van der Waals surface area contributed by atoms with E-state index in [-0.39, 0.29) is 42.2 Å². The molecule has 30 heteroatoms. The number of carbonyl (C=O) groups excluding carboxylic acids is 4. The molecule has 2 aromatic heterocycles. The van der Waals surface area contributed by atoms with Gasteiger partial charge in [0.2, 0.25) is 17.6 Å². The number of amides is 2. The summed E-state index contributed by atoms with van der Waals surface area (Å²) in [6.07, 6.45) is -7.14. The molecular weight excluding hydrogens is 815 g/mol. The van der Waals surface area contributed by atoms with E-state index in [1.54, 1.807) is 0 Å². The Kier molecular flexibility index (Phi) is 15.9. The van der Waals surface area contributed by atoms with Crippen LogP contribution in [-0.4, -0.2) is 140 Å². The molecule has 0 radical (unpaired) electrons. The van der Waals surface area contributed by atoms with E-state index in [0.717, 1.165) is 17.2 Å². The summed E-state index contributed by atoms with van der Waals surface area (Å²) in [4.78, 5) is 97.5. The van der Waals surface area contributed by atoms with Crippen molar-refractivity contribution in [1.82, 2.24) is 30.2 Å². The molecule has 0 saturated carbocycles. The number of aliphatic hydroxyl groups excluding tert-OH is 3. The number of nitrogens with one attached hydrogen (secondary N) is 2. The zero-order valence-corrected chi connectivity index (χ0v) is 31.6. The van der Waals surface area contributed by atoms with Crippen molar-refractivity contribution in [3.05, 3.63) is 12.7 Å². The molecule has 11 N–H and O–H groups in total. The number of aliphatic hydroxyl groups is 3. The Bertz CT molecular complexity index is 1830. The number of fused-ring (bicyclic) bond motifs is 1. The van der Waals surface area contributed by atoms with Crippen LogP contribution in [0.25, 0.3) is 11.2 Å². The molecule has 3 heterocycles. The molecule has 304 valence electrons. The van der Waals surface area contributed by atoms with Crippen molar-refractivity contribution in [2.75, 3.05) is 44.4 Å². The van der Waals surface area contributed by atoms with Crippen molar-refractivity contribution in [2.45, 2.75) is 50.9 Å². The second-order valence-corrected chi connectivity index (χ2v) is 17.1. The molecule has 3 rings (SSSR count). The van der Waals surface area contributed by atoms with E-state index in [1.807, 2.05) is 0 Å². The number of ketones is 1. The Morgan fingerprint density at radius 2 is 1.72 bits per heavy atom. The van der Waals surface area contributed by atoms with Crippen molar-refractivity contribution in [1.29, 1.82) is 0 Å². The molecule has 54 heavy (non-hydrogen) atoms. The Labute approximate surface area is 308 Å². The molecule has 0 bridgehead atoms. The molecule has 0 aliphatic carbocycles. The van der Waals surface area contributed by atoms with E-state index in [9.17, 15) is 62.7 Å². The van der Waals surface area contributed by atoms with Gasteiger partial charge in [-0.1, -0.05) is 25.6 Å². The van der Waals surface area contributed by atoms with Gasteiger partial charge in [0.25, 0.3) is 5.12 Å². The summed E-state index contributed by atoms with van der Waals surface area (Å²) in [5, 5.41) is 33.8. The number of nitrogens with zero attached hydrogens (tertiary/aromatic N) is 4. The molecular formula is C24H38N7O19P3S. The normalized spacial score (nSPS) is 21.9. The highest BCUT2D eigenvalue weighted by Crippen LogP contribution is 2.61. The topological polar surface area (TPSA) is 401 Å². The largest absolute Gasteiger partial charge is 0.481 e. The number of imidazole rings is 1. The molecule has 1 aliphatic rings. The standard InChI is InChI=1S/C24H38N7O19P3S/c1-24(2,18(36)21(37)27-4-3-14(34)26-5-6-54-23(38)12(33)7-32)9-47-53(44,45)50-52(42,43)46-8-13-17(49-51(39,40)41)16(35)22(48-13)31-11-30-15-19(25)28-10-29-20(15)31/h10-11,13,16-18,22,32,35-36H,3-9H2,1-2H3,(H,26,34)(H,27,37)(H,42,43)(H,44,45)(H2,25,28,29)(H2,39,40,41). The first-order chi connectivity index (χ1) is 25.0. The molecule has 2 aromatic rings. The molecule has 1 fully saturated rings. The number of phosphoric acid groups is 3. The number of thioether (sulfide) groups is 1. The average Bonchev–Trinajstić information content (AvgIpc) is 3.64. The van der Waals surface area contributed by atoms with Crippen LogP contribution in [0.2, 0.25) is 0 Å². The maximum atomic E-state index is 12.6. The van der Waals surface area contributed by atoms with E-state index in [0.29, 0.717) is 11.8 Å². The number of nitrogen functional groups attached to an aromatic ring is 1. The third kappa shape index (κ3) is 13.2. The van der Waals surface area contributed by atoms with E-state index in [1.165, 1.54) is 13.8 Å². The van der Waals surface area contributed by atoms with Crippen molar-refractivity contribution in [3.8, 4) is 0 Å². The van der Waals surface area contributed by atoms with Gasteiger partial charge in [-0.15, -0.1) is 0 Å². The highest BCUT2D eigenvalue weighted by atomic mass is 32.2. The number of ether oxygens (including phenoxy) is 1. The quantitative estimate of drug-likeness (QED) is 0.0345. The fourth-order valence-electron chi connectivity index (χ4n) is 4.42. The third-order valence-corrected chi connectivity index (χ3v) is 11.1. The van der Waals surface area contributed by atoms with Gasteiger partial charge >= 0.3 is 23.5 Å². The highest BCUT2D eigenvalue weighted by Gasteiger charge is 2.50. The van der Waals surface area contributed by atoms with Gasteiger partial charge in [0.05, 0.1) is 19.5 Å². The Hall–Kier alpha value is -2.81. The summed E-state index contributed by atoms with van der Waals surface area (Å²) in [7, 11) is -16.4. The number of anilines is 1. The Balaban J connectivity index is 1.51. The van der Waals surface area contributed by atoms with Gasteiger partial charge in [0.15, 0.2) is 17.7 Å². The molecule has 2 amide bonds. The van der Waals surface area contributed by atoms with Gasteiger partial charge in [0.1, 0.15) is 42.9 Å². The van der Waals surface area contributed by atoms with Crippen molar-refractivity contribution in [3.63, 3.8) is 0 Å². The average molecular weight is 854 g/mol. The fraction of sp³-hybridized carbons (Fsp3) is 0.625. The van der Waals surface area contributed by atoms with Gasteiger partial charge in [-0.2, -0.15) is 4.31 Å². The van der Waals surface area contributed by atoms with E-state index < -0.39 is 102 Å². The number of nitrogens with two attached hydrogens (primary N) is 1. The molecule has 0 spiro atoms. The number of hydrogen-bond donors (Lipinski definition) is 10. The zero-order valence-electron chi connectivity index (χ0n) is 28.1. The lowest BCUT2D eigenvalue weighted by Crippen LogP contribution is -2.46. The maximum absolute atomic E-state index is 12.6. The summed E-state index contributed by atoms with van der Waals surface area (Å²) in [5.74, 6) is -2.59. The monoisotopic (exact) mass is 853 g/mol. The van der Waals surface area contributed by atoms with Crippen LogP contribution in [0.5, 0.6) is 0 Å². The second kappa shape index (κ2) is 18.9. The number of hydrogen-bond acceptors (Lipinski definition) is 20. The van der Waals surface area contributed by atoms with Crippen LogP contribution in [-0.2, 0) is 55.5 Å². The minimum absolute atomic E-state index is 0.0101. The van der Waals surface area contributed by atoms with Crippen LogP contribution in [0.1, 0.15) is 26.5 Å². The van der Waals surface area contributed by atoms with E-state index in [2.05, 4.69) is 34.4 Å². The lowest BCUT2D eigenvalue weighted by Gasteiger charge is -2.30. The molecule has 1 saturated heterocycles. The zero-order chi connectivity index (χ0) is 40.6. The Morgan fingerprint density at radius 3 is 2.37 bits per heavy atom. The number of carbonyl (C=O) groups is 4. The van der Waals surface area contributed by atoms with Crippen LogP contribution in [0.15, 0.2) is 12.7 Å². The second-order valence-electron chi connectivity index (χ2n) is 11.8. The smallest absolute Gasteiger partial charge is 0.388 e. The van der Waals surface area contributed by atoms with Gasteiger partial charge < -0.3 is 56.0 Å².